The molecule has 2 N–H and O–H groups in total. The summed E-state index contributed by atoms with van der Waals surface area (Å²) in [6, 6.07) is 11.0. The predicted octanol–water partition coefficient (Wildman–Crippen LogP) is 2.83. The average Bonchev–Trinajstić information content (AvgIpc) is 3.26. The van der Waals surface area contributed by atoms with Crippen molar-refractivity contribution in [2.45, 2.75) is 11.4 Å². The lowest BCUT2D eigenvalue weighted by atomic mass is 10.1. The summed E-state index contributed by atoms with van der Waals surface area (Å²) in [4.78, 5) is 32.6. The van der Waals surface area contributed by atoms with Crippen molar-refractivity contribution >= 4 is 33.0 Å². The highest BCUT2D eigenvalue weighted by Gasteiger charge is 2.24. The minimum Gasteiger partial charge on any atom is -0.468 e. The molecule has 0 bridgehead atoms. The van der Waals surface area contributed by atoms with E-state index < -0.39 is 42.7 Å². The fourth-order valence-corrected chi connectivity index (χ4v) is 3.62. The fraction of sp³-hybridized carbons (Fsp3) is 0.0556. The van der Waals surface area contributed by atoms with Crippen LogP contribution in [0.3, 0.4) is 0 Å². The average molecular weight is 446 g/mol. The van der Waals surface area contributed by atoms with E-state index in [1.165, 1.54) is 30.5 Å². The monoisotopic (exact) mass is 446 g/mol. The second kappa shape index (κ2) is 8.73. The highest BCUT2D eigenvalue weighted by Crippen LogP contribution is 2.26. The molecule has 0 saturated carbocycles. The quantitative estimate of drug-likeness (QED) is 0.392. The Hall–Kier alpha value is -4.10. The lowest BCUT2D eigenvalue weighted by molar-refractivity contribution is -0.394. The van der Waals surface area contributed by atoms with Crippen LogP contribution in [0.2, 0.25) is 0 Å². The molecule has 2 aromatic carbocycles. The Balaban J connectivity index is 1.81. The van der Waals surface area contributed by atoms with E-state index in [-0.39, 0.29) is 17.1 Å². The van der Waals surface area contributed by atoms with Crippen molar-refractivity contribution in [1.82, 2.24) is 4.72 Å². The highest BCUT2D eigenvalue weighted by atomic mass is 32.2. The predicted molar refractivity (Wildman–Crippen MR) is 107 cm³/mol. The molecule has 160 valence electrons. The zero-order valence-electron chi connectivity index (χ0n) is 15.5. The number of furan rings is 1. The maximum atomic E-state index is 12.5. The number of nitrogens with zero attached hydrogens (tertiary/aromatic N) is 2. The van der Waals surface area contributed by atoms with Crippen LogP contribution in [0.4, 0.5) is 17.1 Å². The van der Waals surface area contributed by atoms with Gasteiger partial charge in [-0.15, -0.1) is 0 Å². The Morgan fingerprint density at radius 1 is 1.00 bits per heavy atom. The number of hydrogen-bond donors (Lipinski definition) is 2. The van der Waals surface area contributed by atoms with E-state index >= 15 is 0 Å². The van der Waals surface area contributed by atoms with E-state index in [2.05, 4.69) is 10.0 Å². The summed E-state index contributed by atoms with van der Waals surface area (Å²) in [5, 5.41) is 24.4. The number of benzene rings is 2. The summed E-state index contributed by atoms with van der Waals surface area (Å²) in [6.45, 7) is -0.0824. The van der Waals surface area contributed by atoms with E-state index in [4.69, 9.17) is 4.42 Å². The van der Waals surface area contributed by atoms with E-state index in [1.54, 1.807) is 12.1 Å². The molecule has 1 amide bonds. The third kappa shape index (κ3) is 5.09. The molecule has 12 nitrogen and oxygen atoms in total. The Morgan fingerprint density at radius 3 is 2.42 bits per heavy atom. The van der Waals surface area contributed by atoms with Gasteiger partial charge in [0.15, 0.2) is 0 Å². The number of carbonyl (C=O) groups excluding carboxylic acids is 1. The van der Waals surface area contributed by atoms with Gasteiger partial charge in [-0.25, -0.2) is 13.1 Å². The van der Waals surface area contributed by atoms with Crippen LogP contribution < -0.4 is 10.0 Å². The molecule has 1 aromatic heterocycles. The number of nitro benzene ring substituents is 2. The molecular weight excluding hydrogens is 432 g/mol. The number of nitrogens with one attached hydrogen (secondary N) is 2. The molecular formula is C18H14N4O8S. The van der Waals surface area contributed by atoms with Gasteiger partial charge in [-0.1, -0.05) is 6.07 Å². The van der Waals surface area contributed by atoms with Crippen LogP contribution in [-0.2, 0) is 16.6 Å². The highest BCUT2D eigenvalue weighted by molar-refractivity contribution is 7.89. The molecule has 0 aliphatic rings. The molecule has 0 unspecified atom stereocenters. The third-order valence-electron chi connectivity index (χ3n) is 4.05. The molecule has 31 heavy (non-hydrogen) atoms. The summed E-state index contributed by atoms with van der Waals surface area (Å²) >= 11 is 0. The van der Waals surface area contributed by atoms with E-state index in [9.17, 15) is 33.4 Å². The number of non-ortho nitro benzene ring substituents is 1. The Labute approximate surface area is 174 Å². The largest absolute Gasteiger partial charge is 0.468 e. The van der Waals surface area contributed by atoms with Gasteiger partial charge >= 0.3 is 0 Å². The second-order valence-electron chi connectivity index (χ2n) is 6.10. The van der Waals surface area contributed by atoms with Gasteiger partial charge in [0.1, 0.15) is 11.3 Å². The van der Waals surface area contributed by atoms with Crippen molar-refractivity contribution in [3.8, 4) is 0 Å². The molecule has 0 aliphatic carbocycles. The number of hydrogen-bond acceptors (Lipinski definition) is 8. The number of nitro groups is 2. The Kier molecular flexibility index (Phi) is 6.08. The standard InChI is InChI=1S/C18H14N4O8S/c23-18(16-7-6-13(21(24)25)10-17(16)22(26)27)20-12-3-1-5-15(9-12)31(28,29)19-11-14-4-2-8-30-14/h1-10,19H,11H2,(H,20,23). The Bertz CT molecular complexity index is 1260. The van der Waals surface area contributed by atoms with Crippen LogP contribution in [0.15, 0.2) is 70.2 Å². The first-order valence-corrected chi connectivity index (χ1v) is 10.0. The molecule has 13 heteroatoms. The lowest BCUT2D eigenvalue weighted by Gasteiger charge is -2.09. The van der Waals surface area contributed by atoms with Crippen molar-refractivity contribution < 1.29 is 27.5 Å². The molecule has 0 saturated heterocycles. The fourth-order valence-electron chi connectivity index (χ4n) is 2.58. The topological polar surface area (TPSA) is 175 Å². The van der Waals surface area contributed by atoms with Gasteiger partial charge in [0.05, 0.1) is 33.6 Å². The van der Waals surface area contributed by atoms with Crippen LogP contribution in [-0.4, -0.2) is 24.2 Å². The van der Waals surface area contributed by atoms with Gasteiger partial charge in [0.2, 0.25) is 10.0 Å². The second-order valence-corrected chi connectivity index (χ2v) is 7.87. The molecule has 0 radical (unpaired) electrons. The summed E-state index contributed by atoms with van der Waals surface area (Å²) < 4.78 is 32.3. The van der Waals surface area contributed by atoms with Crippen LogP contribution in [0.5, 0.6) is 0 Å². The van der Waals surface area contributed by atoms with Crippen LogP contribution in [0.1, 0.15) is 16.1 Å². The smallest absolute Gasteiger partial charge is 0.289 e. The van der Waals surface area contributed by atoms with Gasteiger partial charge < -0.3 is 9.73 Å². The number of rotatable bonds is 8. The maximum Gasteiger partial charge on any atom is 0.289 e. The number of sulfonamides is 1. The molecule has 0 aliphatic heterocycles. The van der Waals surface area contributed by atoms with Crippen LogP contribution in [0, 0.1) is 20.2 Å². The van der Waals surface area contributed by atoms with Gasteiger partial charge in [-0.3, -0.25) is 25.0 Å². The van der Waals surface area contributed by atoms with Crippen molar-refractivity contribution in [1.29, 1.82) is 0 Å². The molecule has 3 rings (SSSR count). The summed E-state index contributed by atoms with van der Waals surface area (Å²) in [5.41, 5.74) is -1.66. The molecule has 0 fully saturated rings. The zero-order chi connectivity index (χ0) is 22.6. The first-order chi connectivity index (χ1) is 14.7. The van der Waals surface area contributed by atoms with Crippen molar-refractivity contribution in [2.75, 3.05) is 5.32 Å². The van der Waals surface area contributed by atoms with E-state index in [0.717, 1.165) is 12.1 Å². The Morgan fingerprint density at radius 2 is 1.77 bits per heavy atom. The molecule has 0 atom stereocenters. The van der Waals surface area contributed by atoms with Gasteiger partial charge in [0.25, 0.3) is 17.3 Å². The van der Waals surface area contributed by atoms with Crippen molar-refractivity contribution in [3.63, 3.8) is 0 Å². The third-order valence-corrected chi connectivity index (χ3v) is 5.45. The first kappa shape index (κ1) is 21.6. The minimum atomic E-state index is -3.94. The zero-order valence-corrected chi connectivity index (χ0v) is 16.4. The van der Waals surface area contributed by atoms with Gasteiger partial charge in [-0.2, -0.15) is 0 Å². The van der Waals surface area contributed by atoms with E-state index in [0.29, 0.717) is 11.8 Å². The number of anilines is 1. The maximum absolute atomic E-state index is 12.5. The SMILES string of the molecule is O=C(Nc1cccc(S(=O)(=O)NCc2ccco2)c1)c1ccc([N+](=O)[O-])cc1[N+](=O)[O-]. The molecule has 0 spiro atoms. The van der Waals surface area contributed by atoms with Crippen LogP contribution in [0.25, 0.3) is 0 Å². The van der Waals surface area contributed by atoms with Crippen molar-refractivity contribution in [2.24, 2.45) is 0 Å². The molecule has 1 heterocycles. The molecule has 3 aromatic rings. The summed E-state index contributed by atoms with van der Waals surface area (Å²) in [6.07, 6.45) is 1.40. The van der Waals surface area contributed by atoms with Gasteiger partial charge in [0, 0.05) is 11.8 Å². The number of amides is 1. The summed E-state index contributed by atoms with van der Waals surface area (Å²) in [5.74, 6) is -0.529. The normalized spacial score (nSPS) is 11.1. The minimum absolute atomic E-state index is 0.0542. The summed E-state index contributed by atoms with van der Waals surface area (Å²) in [7, 11) is -3.94. The lowest BCUT2D eigenvalue weighted by Crippen LogP contribution is -2.23. The van der Waals surface area contributed by atoms with E-state index in [1.807, 2.05) is 0 Å². The van der Waals surface area contributed by atoms with Crippen LogP contribution >= 0.6 is 0 Å². The first-order valence-electron chi connectivity index (χ1n) is 8.53. The van der Waals surface area contributed by atoms with Crippen molar-refractivity contribution in [3.05, 3.63) is 92.4 Å². The number of carbonyl (C=O) groups is 1. The van der Waals surface area contributed by atoms with Gasteiger partial charge in [-0.05, 0) is 36.4 Å².